The number of hydrogen-bond acceptors (Lipinski definition) is 2. The van der Waals surface area contributed by atoms with E-state index < -0.39 is 5.21 Å². The second-order valence-corrected chi connectivity index (χ2v) is 4.57. The Morgan fingerprint density at radius 2 is 2.08 bits per heavy atom. The fraction of sp³-hybridized carbons (Fsp3) is 0.625. The van der Waals surface area contributed by atoms with Crippen molar-refractivity contribution in [2.75, 3.05) is 0 Å². The molecule has 4 radical (unpaired) electrons. The average molecular weight is 175 g/mol. The summed E-state index contributed by atoms with van der Waals surface area (Å²) in [6.07, 6.45) is 1.76. The molecular weight excluding hydrogens is 164 g/mol. The second-order valence-electron chi connectivity index (χ2n) is 3.33. The van der Waals surface area contributed by atoms with Crippen LogP contribution in [0.15, 0.2) is 6.20 Å². The van der Waals surface area contributed by atoms with Crippen molar-refractivity contribution in [1.29, 1.82) is 0 Å². The summed E-state index contributed by atoms with van der Waals surface area (Å²) in [6.45, 7) is 5.97. The first-order chi connectivity index (χ1) is 5.44. The molecule has 0 amide bonds. The van der Waals surface area contributed by atoms with Crippen molar-refractivity contribution in [2.24, 2.45) is 5.92 Å². The van der Waals surface area contributed by atoms with E-state index in [4.69, 9.17) is 15.7 Å². The molecule has 1 rings (SSSR count). The van der Waals surface area contributed by atoms with E-state index >= 15 is 0 Å². The van der Waals surface area contributed by atoms with Gasteiger partial charge in [0, 0.05) is 11.1 Å². The molecule has 60 valence electrons. The van der Waals surface area contributed by atoms with Crippen molar-refractivity contribution in [3.8, 4) is 0 Å². The van der Waals surface area contributed by atoms with E-state index in [9.17, 15) is 0 Å². The van der Waals surface area contributed by atoms with Gasteiger partial charge in [-0.05, 0) is 6.92 Å². The molecule has 0 N–H and O–H groups in total. The Morgan fingerprint density at radius 1 is 1.50 bits per heavy atom. The summed E-state index contributed by atoms with van der Waals surface area (Å²) >= 11 is 1.56. The minimum absolute atomic E-state index is 0.220. The molecule has 4 heteroatoms. The highest BCUT2D eigenvalue weighted by molar-refractivity contribution is 7.12. The van der Waals surface area contributed by atoms with E-state index in [1.807, 2.05) is 20.8 Å². The lowest BCUT2D eigenvalue weighted by atomic mass is 9.48. The van der Waals surface area contributed by atoms with Gasteiger partial charge >= 0.3 is 0 Å². The van der Waals surface area contributed by atoms with E-state index in [0.717, 1.165) is 9.88 Å². The first-order valence-corrected chi connectivity index (χ1v) is 4.77. The van der Waals surface area contributed by atoms with Gasteiger partial charge in [-0.1, -0.05) is 25.0 Å². The third kappa shape index (κ3) is 1.74. The van der Waals surface area contributed by atoms with Crippen LogP contribution in [0, 0.1) is 12.8 Å². The molecule has 12 heavy (non-hydrogen) atoms. The van der Waals surface area contributed by atoms with Gasteiger partial charge in [-0.2, -0.15) is 0 Å². The number of aryl methyl sites for hydroxylation is 1. The summed E-state index contributed by atoms with van der Waals surface area (Å²) < 4.78 is 0. The molecule has 0 bridgehead atoms. The maximum atomic E-state index is 5.94. The van der Waals surface area contributed by atoms with Gasteiger partial charge in [-0.15, -0.1) is 11.3 Å². The number of thiazole rings is 1. The maximum Gasteiger partial charge on any atom is 0.0896 e. The van der Waals surface area contributed by atoms with Crippen LogP contribution in [0.4, 0.5) is 0 Å². The smallest absolute Gasteiger partial charge is 0.0896 e. The van der Waals surface area contributed by atoms with Crippen molar-refractivity contribution < 1.29 is 0 Å². The minimum Gasteiger partial charge on any atom is -0.250 e. The van der Waals surface area contributed by atoms with E-state index in [-0.39, 0.29) is 5.92 Å². The predicted octanol–water partition coefficient (Wildman–Crippen LogP) is 1.60. The summed E-state index contributed by atoms with van der Waals surface area (Å²) in [7, 11) is 11.9. The fourth-order valence-corrected chi connectivity index (χ4v) is 1.79. The van der Waals surface area contributed by atoms with Crippen LogP contribution < -0.4 is 0 Å². The van der Waals surface area contributed by atoms with Crippen LogP contribution in [0.1, 0.15) is 23.7 Å². The zero-order valence-electron chi connectivity index (χ0n) is 7.66. The molecule has 0 aromatic carbocycles. The van der Waals surface area contributed by atoms with Gasteiger partial charge in [0.2, 0.25) is 0 Å². The summed E-state index contributed by atoms with van der Waals surface area (Å²) in [6, 6.07) is 0. The van der Waals surface area contributed by atoms with Crippen LogP contribution in [0.2, 0.25) is 0 Å². The van der Waals surface area contributed by atoms with Crippen LogP contribution in [0.25, 0.3) is 0 Å². The number of aromatic nitrogens is 1. The van der Waals surface area contributed by atoms with Crippen LogP contribution >= 0.6 is 11.3 Å². The monoisotopic (exact) mass is 175 g/mol. The van der Waals surface area contributed by atoms with Gasteiger partial charge in [0.15, 0.2) is 0 Å². The normalized spacial score (nSPS) is 12.3. The van der Waals surface area contributed by atoms with E-state index in [0.29, 0.717) is 0 Å². The minimum atomic E-state index is -0.730. The Morgan fingerprint density at radius 3 is 2.42 bits per heavy atom. The Hall–Kier alpha value is -0.240. The molecule has 0 unspecified atom stereocenters. The van der Waals surface area contributed by atoms with Crippen molar-refractivity contribution >= 4 is 27.0 Å². The van der Waals surface area contributed by atoms with E-state index in [1.165, 1.54) is 0 Å². The molecule has 1 nitrogen and oxygen atoms in total. The van der Waals surface area contributed by atoms with Gasteiger partial charge in [-0.3, -0.25) is 0 Å². The molecule has 1 aromatic heterocycles. The fourth-order valence-electron chi connectivity index (χ4n) is 0.846. The van der Waals surface area contributed by atoms with Gasteiger partial charge in [-0.25, -0.2) is 4.98 Å². The Labute approximate surface area is 80.4 Å². The van der Waals surface area contributed by atoms with Gasteiger partial charge in [0.25, 0.3) is 0 Å². The zero-order chi connectivity index (χ0) is 9.35. The Balaban J connectivity index is 2.97. The van der Waals surface area contributed by atoms with Gasteiger partial charge < -0.3 is 0 Å². The molecule has 0 aliphatic rings. The maximum absolute atomic E-state index is 5.94. The Bertz CT molecular complexity index is 268. The highest BCUT2D eigenvalue weighted by Gasteiger charge is 2.25. The molecule has 0 spiro atoms. The second kappa shape index (κ2) is 3.25. The Kier molecular flexibility index (Phi) is 2.67. The SMILES string of the molecule is [B]C([B])(c1cnc(C)s1)C(C)C. The van der Waals surface area contributed by atoms with E-state index in [1.54, 1.807) is 17.5 Å². The molecule has 0 atom stereocenters. The molecule has 0 aliphatic heterocycles. The molecular formula is C8H11B2NS. The third-order valence-electron chi connectivity index (χ3n) is 2.00. The quantitative estimate of drug-likeness (QED) is 0.621. The standard InChI is InChI=1S/C8H11B2NS/c1-5(2)8(9,10)7-4-11-6(3)12-7/h4-5H,1-3H3. The first-order valence-electron chi connectivity index (χ1n) is 3.95. The molecule has 0 saturated carbocycles. The topological polar surface area (TPSA) is 12.9 Å². The van der Waals surface area contributed by atoms with Crippen LogP contribution in [0.5, 0.6) is 0 Å². The molecule has 0 saturated heterocycles. The highest BCUT2D eigenvalue weighted by atomic mass is 32.1. The third-order valence-corrected chi connectivity index (χ3v) is 3.08. The van der Waals surface area contributed by atoms with Crippen molar-refractivity contribution in [2.45, 2.75) is 26.0 Å². The molecule has 1 aromatic rings. The average Bonchev–Trinajstić information content (AvgIpc) is 2.35. The van der Waals surface area contributed by atoms with Crippen LogP contribution in [-0.2, 0) is 5.21 Å². The lowest BCUT2D eigenvalue weighted by Crippen LogP contribution is -2.32. The number of rotatable bonds is 2. The van der Waals surface area contributed by atoms with Gasteiger partial charge in [0.1, 0.15) is 0 Å². The highest BCUT2D eigenvalue weighted by Crippen LogP contribution is 2.29. The largest absolute Gasteiger partial charge is 0.250 e. The lowest BCUT2D eigenvalue weighted by Gasteiger charge is -2.28. The molecule has 0 aliphatic carbocycles. The van der Waals surface area contributed by atoms with Crippen molar-refractivity contribution in [1.82, 2.24) is 4.98 Å². The zero-order valence-corrected chi connectivity index (χ0v) is 8.48. The van der Waals surface area contributed by atoms with Crippen LogP contribution in [0.3, 0.4) is 0 Å². The summed E-state index contributed by atoms with van der Waals surface area (Å²) in [5.41, 5.74) is 0. The molecule has 0 fully saturated rings. The summed E-state index contributed by atoms with van der Waals surface area (Å²) in [4.78, 5) is 5.08. The predicted molar refractivity (Wildman–Crippen MR) is 54.9 cm³/mol. The van der Waals surface area contributed by atoms with Crippen LogP contribution in [-0.4, -0.2) is 20.7 Å². The van der Waals surface area contributed by atoms with Gasteiger partial charge in [0.05, 0.1) is 20.7 Å². The summed E-state index contributed by atoms with van der Waals surface area (Å²) in [5, 5.41) is 0.275. The first kappa shape index (κ1) is 9.84. The lowest BCUT2D eigenvalue weighted by molar-refractivity contribution is 0.577. The molecule has 1 heterocycles. The van der Waals surface area contributed by atoms with E-state index in [2.05, 4.69) is 4.98 Å². The van der Waals surface area contributed by atoms with Crippen molar-refractivity contribution in [3.63, 3.8) is 0 Å². The number of nitrogens with zero attached hydrogens (tertiary/aromatic N) is 1. The summed E-state index contributed by atoms with van der Waals surface area (Å²) in [5.74, 6) is 0.220. The number of hydrogen-bond donors (Lipinski definition) is 0. The van der Waals surface area contributed by atoms with Crippen molar-refractivity contribution in [3.05, 3.63) is 16.1 Å².